The second-order valence-electron chi connectivity index (χ2n) is 5.05. The van der Waals surface area contributed by atoms with Crippen LogP contribution in [-0.2, 0) is 6.54 Å². The zero-order chi connectivity index (χ0) is 17.5. The van der Waals surface area contributed by atoms with E-state index in [1.807, 2.05) is 30.3 Å². The van der Waals surface area contributed by atoms with Crippen LogP contribution in [0.4, 0.5) is 0 Å². The van der Waals surface area contributed by atoms with E-state index in [2.05, 4.69) is 31.7 Å². The molecule has 3 aromatic rings. The van der Waals surface area contributed by atoms with Gasteiger partial charge in [-0.2, -0.15) is 0 Å². The number of benzene rings is 2. The van der Waals surface area contributed by atoms with E-state index in [4.69, 9.17) is 12.2 Å². The van der Waals surface area contributed by atoms with Gasteiger partial charge in [-0.1, -0.05) is 36.4 Å². The molecular formula is C16H15N7OS. The van der Waals surface area contributed by atoms with Crippen molar-refractivity contribution in [3.63, 3.8) is 0 Å². The van der Waals surface area contributed by atoms with Crippen molar-refractivity contribution in [3.8, 4) is 5.69 Å². The third kappa shape index (κ3) is 4.58. The number of amides is 1. The minimum Gasteiger partial charge on any atom is -0.357 e. The molecule has 1 heterocycles. The van der Waals surface area contributed by atoms with Gasteiger partial charge in [-0.3, -0.25) is 15.6 Å². The molecule has 126 valence electrons. The van der Waals surface area contributed by atoms with Gasteiger partial charge in [0.25, 0.3) is 5.91 Å². The second kappa shape index (κ2) is 7.97. The van der Waals surface area contributed by atoms with Gasteiger partial charge in [0.2, 0.25) is 0 Å². The molecule has 0 aliphatic heterocycles. The average Bonchev–Trinajstić information content (AvgIpc) is 3.20. The Labute approximate surface area is 149 Å². The van der Waals surface area contributed by atoms with E-state index in [-0.39, 0.29) is 5.91 Å². The van der Waals surface area contributed by atoms with Crippen LogP contribution in [0, 0.1) is 0 Å². The molecule has 3 N–H and O–H groups in total. The number of thiocarbonyl (C=S) groups is 1. The fourth-order valence-corrected chi connectivity index (χ4v) is 2.20. The number of hydrazine groups is 1. The highest BCUT2D eigenvalue weighted by molar-refractivity contribution is 7.80. The Kier molecular flexibility index (Phi) is 5.27. The van der Waals surface area contributed by atoms with Gasteiger partial charge < -0.3 is 5.32 Å². The first-order chi connectivity index (χ1) is 12.2. The van der Waals surface area contributed by atoms with Gasteiger partial charge in [0, 0.05) is 12.1 Å². The number of aromatic nitrogens is 4. The molecule has 0 radical (unpaired) electrons. The quantitative estimate of drug-likeness (QED) is 0.475. The van der Waals surface area contributed by atoms with Crippen molar-refractivity contribution in [2.45, 2.75) is 6.54 Å². The maximum absolute atomic E-state index is 12.2. The summed E-state index contributed by atoms with van der Waals surface area (Å²) < 4.78 is 1.47. The average molecular weight is 353 g/mol. The molecular weight excluding hydrogens is 338 g/mol. The summed E-state index contributed by atoms with van der Waals surface area (Å²) in [4.78, 5) is 12.2. The molecule has 1 aromatic heterocycles. The summed E-state index contributed by atoms with van der Waals surface area (Å²) in [5, 5.41) is 14.3. The number of carbonyl (C=O) groups is 1. The van der Waals surface area contributed by atoms with E-state index < -0.39 is 0 Å². The minimum absolute atomic E-state index is 0.321. The summed E-state index contributed by atoms with van der Waals surface area (Å²) in [7, 11) is 0. The summed E-state index contributed by atoms with van der Waals surface area (Å²) >= 11 is 5.14. The van der Waals surface area contributed by atoms with Crippen molar-refractivity contribution in [1.29, 1.82) is 0 Å². The van der Waals surface area contributed by atoms with E-state index in [1.54, 1.807) is 24.3 Å². The highest BCUT2D eigenvalue weighted by Crippen LogP contribution is 2.08. The van der Waals surface area contributed by atoms with Crippen LogP contribution >= 0.6 is 12.2 Å². The Hall–Kier alpha value is -3.33. The summed E-state index contributed by atoms with van der Waals surface area (Å²) in [5.74, 6) is -0.321. The zero-order valence-electron chi connectivity index (χ0n) is 13.1. The molecule has 0 fully saturated rings. The van der Waals surface area contributed by atoms with E-state index >= 15 is 0 Å². The third-order valence-electron chi connectivity index (χ3n) is 3.31. The van der Waals surface area contributed by atoms with Crippen molar-refractivity contribution in [2.75, 3.05) is 0 Å². The van der Waals surface area contributed by atoms with E-state index in [0.29, 0.717) is 22.9 Å². The monoisotopic (exact) mass is 353 g/mol. The molecule has 9 heteroatoms. The van der Waals surface area contributed by atoms with Crippen molar-refractivity contribution in [1.82, 2.24) is 36.4 Å². The molecule has 25 heavy (non-hydrogen) atoms. The normalized spacial score (nSPS) is 10.1. The number of rotatable bonds is 4. The molecule has 0 spiro atoms. The molecule has 0 aliphatic rings. The van der Waals surface area contributed by atoms with Crippen LogP contribution < -0.4 is 16.2 Å². The molecule has 0 bridgehead atoms. The molecule has 0 unspecified atom stereocenters. The topological polar surface area (TPSA) is 96.8 Å². The molecule has 1 amide bonds. The van der Waals surface area contributed by atoms with Crippen LogP contribution in [0.25, 0.3) is 5.69 Å². The lowest BCUT2D eigenvalue weighted by molar-refractivity contribution is 0.0943. The molecule has 8 nitrogen and oxygen atoms in total. The number of hydrogen-bond acceptors (Lipinski definition) is 5. The summed E-state index contributed by atoms with van der Waals surface area (Å²) in [6.45, 7) is 0.567. The highest BCUT2D eigenvalue weighted by Gasteiger charge is 2.08. The van der Waals surface area contributed by atoms with E-state index in [1.165, 1.54) is 11.0 Å². The number of carbonyl (C=O) groups excluding carboxylic acids is 1. The van der Waals surface area contributed by atoms with Crippen molar-refractivity contribution >= 4 is 23.2 Å². The third-order valence-corrected chi connectivity index (χ3v) is 3.55. The maximum Gasteiger partial charge on any atom is 0.269 e. The van der Waals surface area contributed by atoms with Gasteiger partial charge in [0.15, 0.2) is 5.11 Å². The van der Waals surface area contributed by atoms with Gasteiger partial charge in [-0.25, -0.2) is 4.68 Å². The lowest BCUT2D eigenvalue weighted by Crippen LogP contribution is -2.46. The molecule has 3 rings (SSSR count). The predicted molar refractivity (Wildman–Crippen MR) is 95.6 cm³/mol. The fourth-order valence-electron chi connectivity index (χ4n) is 2.08. The molecule has 0 atom stereocenters. The van der Waals surface area contributed by atoms with Crippen LogP contribution in [0.1, 0.15) is 15.9 Å². The van der Waals surface area contributed by atoms with Crippen LogP contribution in [0.5, 0.6) is 0 Å². The highest BCUT2D eigenvalue weighted by atomic mass is 32.1. The van der Waals surface area contributed by atoms with Gasteiger partial charge in [0.05, 0.1) is 5.69 Å². The first-order valence-electron chi connectivity index (χ1n) is 7.44. The lowest BCUT2D eigenvalue weighted by atomic mass is 10.2. The smallest absolute Gasteiger partial charge is 0.269 e. The van der Waals surface area contributed by atoms with Gasteiger partial charge in [-0.15, -0.1) is 5.10 Å². The maximum atomic E-state index is 12.2. The summed E-state index contributed by atoms with van der Waals surface area (Å²) in [6.07, 6.45) is 1.46. The number of nitrogens with one attached hydrogen (secondary N) is 3. The second-order valence-corrected chi connectivity index (χ2v) is 5.46. The van der Waals surface area contributed by atoms with Gasteiger partial charge >= 0.3 is 0 Å². The van der Waals surface area contributed by atoms with Crippen molar-refractivity contribution in [2.24, 2.45) is 0 Å². The largest absolute Gasteiger partial charge is 0.357 e. The summed E-state index contributed by atoms with van der Waals surface area (Å²) in [5.41, 5.74) is 7.46. The molecule has 2 aromatic carbocycles. The Bertz CT molecular complexity index is 852. The van der Waals surface area contributed by atoms with Crippen LogP contribution in [0.3, 0.4) is 0 Å². The van der Waals surface area contributed by atoms with E-state index in [0.717, 1.165) is 5.56 Å². The molecule has 0 saturated heterocycles. The zero-order valence-corrected chi connectivity index (χ0v) is 13.9. The van der Waals surface area contributed by atoms with Crippen molar-refractivity contribution in [3.05, 3.63) is 72.1 Å². The number of hydrogen-bond donors (Lipinski definition) is 3. The van der Waals surface area contributed by atoms with Crippen LogP contribution in [0.2, 0.25) is 0 Å². The Morgan fingerprint density at radius 1 is 1.08 bits per heavy atom. The Morgan fingerprint density at radius 3 is 2.68 bits per heavy atom. The van der Waals surface area contributed by atoms with Gasteiger partial charge in [-0.05, 0) is 46.4 Å². The Balaban J connectivity index is 1.52. The number of nitrogens with zero attached hydrogens (tertiary/aromatic N) is 4. The van der Waals surface area contributed by atoms with Crippen LogP contribution in [0.15, 0.2) is 60.9 Å². The summed E-state index contributed by atoms with van der Waals surface area (Å²) in [6, 6.07) is 16.7. The minimum atomic E-state index is -0.321. The van der Waals surface area contributed by atoms with Crippen molar-refractivity contribution < 1.29 is 4.79 Å². The first kappa shape index (κ1) is 16.5. The predicted octanol–water partition coefficient (Wildman–Crippen LogP) is 0.971. The lowest BCUT2D eigenvalue weighted by Gasteiger charge is -2.12. The standard InChI is InChI=1S/C16H15N7OS/c24-15(13-7-4-8-14(9-13)23-11-18-21-22-23)19-20-16(25)17-10-12-5-2-1-3-6-12/h1-9,11H,10H2,(H,19,24)(H2,17,20,25). The number of tetrazole rings is 1. The fraction of sp³-hybridized carbons (Fsp3) is 0.0625. The first-order valence-corrected chi connectivity index (χ1v) is 7.85. The SMILES string of the molecule is O=C(NNC(=S)NCc1ccccc1)c1cccc(-n2cnnn2)c1. The molecule has 0 saturated carbocycles. The van der Waals surface area contributed by atoms with E-state index in [9.17, 15) is 4.79 Å². The molecule has 0 aliphatic carbocycles. The van der Waals surface area contributed by atoms with Crippen LogP contribution in [-0.4, -0.2) is 31.2 Å². The Morgan fingerprint density at radius 2 is 1.92 bits per heavy atom. The van der Waals surface area contributed by atoms with Gasteiger partial charge in [0.1, 0.15) is 6.33 Å².